The van der Waals surface area contributed by atoms with Gasteiger partial charge < -0.3 is 10.6 Å². The first-order valence-electron chi connectivity index (χ1n) is 8.89. The SMILES string of the molecule is O=C(Nc1ccccc1)[C@@H](Nc1ccc2nnc(C(F)(F)F)n2n1)c1ccccc1. The van der Waals surface area contributed by atoms with Crippen molar-refractivity contribution in [3.63, 3.8) is 0 Å². The van der Waals surface area contributed by atoms with Crippen molar-refractivity contribution < 1.29 is 18.0 Å². The van der Waals surface area contributed by atoms with Gasteiger partial charge in [0.15, 0.2) is 5.65 Å². The highest BCUT2D eigenvalue weighted by Gasteiger charge is 2.37. The molecule has 152 valence electrons. The highest BCUT2D eigenvalue weighted by atomic mass is 19.4. The van der Waals surface area contributed by atoms with Gasteiger partial charge >= 0.3 is 6.18 Å². The van der Waals surface area contributed by atoms with Gasteiger partial charge in [0.2, 0.25) is 0 Å². The molecule has 4 aromatic rings. The molecule has 1 atom stereocenters. The average molecular weight is 412 g/mol. The summed E-state index contributed by atoms with van der Waals surface area (Å²) in [5, 5.41) is 16.3. The van der Waals surface area contributed by atoms with E-state index < -0.39 is 23.9 Å². The fourth-order valence-corrected chi connectivity index (χ4v) is 2.87. The van der Waals surface area contributed by atoms with E-state index in [-0.39, 0.29) is 11.5 Å². The van der Waals surface area contributed by atoms with Gasteiger partial charge in [-0.3, -0.25) is 4.79 Å². The van der Waals surface area contributed by atoms with Crippen LogP contribution in [-0.4, -0.2) is 25.7 Å². The molecule has 0 aliphatic heterocycles. The zero-order valence-electron chi connectivity index (χ0n) is 15.3. The summed E-state index contributed by atoms with van der Waals surface area (Å²) in [6, 6.07) is 19.5. The number of carbonyl (C=O) groups excluding carboxylic acids is 1. The Morgan fingerprint density at radius 3 is 2.23 bits per heavy atom. The smallest absolute Gasteiger partial charge is 0.353 e. The van der Waals surface area contributed by atoms with Gasteiger partial charge in [-0.25, -0.2) is 0 Å². The van der Waals surface area contributed by atoms with E-state index in [0.29, 0.717) is 15.8 Å². The Bertz CT molecular complexity index is 1160. The van der Waals surface area contributed by atoms with Crippen molar-refractivity contribution in [2.75, 3.05) is 10.6 Å². The Balaban J connectivity index is 1.67. The minimum absolute atomic E-state index is 0.0575. The molecule has 0 bridgehead atoms. The second kappa shape index (κ2) is 7.82. The molecule has 7 nitrogen and oxygen atoms in total. The topological polar surface area (TPSA) is 84.2 Å². The van der Waals surface area contributed by atoms with Crippen LogP contribution in [0.4, 0.5) is 24.7 Å². The first-order valence-corrected chi connectivity index (χ1v) is 8.89. The number of nitrogens with zero attached hydrogens (tertiary/aromatic N) is 4. The molecule has 0 unspecified atom stereocenters. The van der Waals surface area contributed by atoms with Crippen LogP contribution < -0.4 is 10.6 Å². The second-order valence-corrected chi connectivity index (χ2v) is 6.35. The molecule has 2 aromatic carbocycles. The number of rotatable bonds is 5. The Morgan fingerprint density at radius 1 is 0.900 bits per heavy atom. The lowest BCUT2D eigenvalue weighted by atomic mass is 10.1. The first kappa shape index (κ1) is 19.4. The van der Waals surface area contributed by atoms with Crippen LogP contribution in [0.15, 0.2) is 72.8 Å². The largest absolute Gasteiger partial charge is 0.453 e. The third-order valence-corrected chi connectivity index (χ3v) is 4.25. The molecule has 30 heavy (non-hydrogen) atoms. The summed E-state index contributed by atoms with van der Waals surface area (Å²) >= 11 is 0. The van der Waals surface area contributed by atoms with E-state index in [0.717, 1.165) is 0 Å². The number of fused-ring (bicyclic) bond motifs is 1. The predicted molar refractivity (Wildman–Crippen MR) is 104 cm³/mol. The lowest BCUT2D eigenvalue weighted by Crippen LogP contribution is -2.28. The van der Waals surface area contributed by atoms with Crippen LogP contribution in [0.2, 0.25) is 0 Å². The number of benzene rings is 2. The minimum atomic E-state index is -4.71. The molecular weight excluding hydrogens is 397 g/mol. The van der Waals surface area contributed by atoms with E-state index in [1.165, 1.54) is 12.1 Å². The number of halogens is 3. The zero-order chi connectivity index (χ0) is 21.1. The molecule has 2 heterocycles. The van der Waals surface area contributed by atoms with Crippen LogP contribution in [0, 0.1) is 0 Å². The summed E-state index contributed by atoms with van der Waals surface area (Å²) in [4.78, 5) is 12.9. The van der Waals surface area contributed by atoms with E-state index >= 15 is 0 Å². The molecule has 2 N–H and O–H groups in total. The molecule has 1 amide bonds. The minimum Gasteiger partial charge on any atom is -0.353 e. The van der Waals surface area contributed by atoms with Crippen LogP contribution in [0.3, 0.4) is 0 Å². The Morgan fingerprint density at radius 2 is 1.57 bits per heavy atom. The monoisotopic (exact) mass is 412 g/mol. The van der Waals surface area contributed by atoms with E-state index in [2.05, 4.69) is 25.9 Å². The highest BCUT2D eigenvalue weighted by Crippen LogP contribution is 2.28. The van der Waals surface area contributed by atoms with E-state index in [4.69, 9.17) is 0 Å². The van der Waals surface area contributed by atoms with Gasteiger partial charge in [0.25, 0.3) is 11.7 Å². The molecule has 0 aliphatic carbocycles. The summed E-state index contributed by atoms with van der Waals surface area (Å²) < 4.78 is 40.0. The van der Waals surface area contributed by atoms with Gasteiger partial charge in [-0.05, 0) is 29.8 Å². The number of para-hydroxylation sites is 1. The van der Waals surface area contributed by atoms with E-state index in [1.54, 1.807) is 54.6 Å². The van der Waals surface area contributed by atoms with Gasteiger partial charge in [-0.2, -0.15) is 17.7 Å². The molecule has 0 saturated carbocycles. The molecular formula is C20H15F3N6O. The first-order chi connectivity index (χ1) is 14.4. The maximum absolute atomic E-state index is 13.1. The number of amides is 1. The van der Waals surface area contributed by atoms with Crippen LogP contribution in [0.5, 0.6) is 0 Å². The highest BCUT2D eigenvalue weighted by molar-refractivity contribution is 5.97. The van der Waals surface area contributed by atoms with Gasteiger partial charge in [-0.1, -0.05) is 48.5 Å². The number of hydrogen-bond donors (Lipinski definition) is 2. The molecule has 0 saturated heterocycles. The van der Waals surface area contributed by atoms with Crippen molar-refractivity contribution in [1.82, 2.24) is 19.8 Å². The maximum atomic E-state index is 13.1. The summed E-state index contributed by atoms with van der Waals surface area (Å²) in [5.74, 6) is -1.58. The summed E-state index contributed by atoms with van der Waals surface area (Å²) in [7, 11) is 0. The molecule has 0 fully saturated rings. The Labute approximate surface area is 168 Å². The lowest BCUT2D eigenvalue weighted by molar-refractivity contribution is -0.146. The molecule has 2 aromatic heterocycles. The van der Waals surface area contributed by atoms with Gasteiger partial charge in [0.1, 0.15) is 11.9 Å². The third kappa shape index (κ3) is 4.07. The fourth-order valence-electron chi connectivity index (χ4n) is 2.87. The van der Waals surface area contributed by atoms with E-state index in [9.17, 15) is 18.0 Å². The Kier molecular flexibility index (Phi) is 5.05. The molecule has 0 aliphatic rings. The standard InChI is InChI=1S/C20H15F3N6O/c21-20(22,23)19-27-26-16-12-11-15(28-29(16)19)25-17(13-7-3-1-4-8-13)18(30)24-14-9-5-2-6-10-14/h1-12,17H,(H,24,30)(H,25,28)/t17-/m0/s1. The fraction of sp³-hybridized carbons (Fsp3) is 0.100. The number of hydrogen-bond acceptors (Lipinski definition) is 5. The maximum Gasteiger partial charge on any atom is 0.453 e. The van der Waals surface area contributed by atoms with Crippen molar-refractivity contribution in [2.45, 2.75) is 12.2 Å². The van der Waals surface area contributed by atoms with Gasteiger partial charge in [0.05, 0.1) is 0 Å². The number of nitrogens with one attached hydrogen (secondary N) is 2. The second-order valence-electron chi connectivity index (χ2n) is 6.35. The van der Waals surface area contributed by atoms with Crippen LogP contribution in [0.25, 0.3) is 5.65 Å². The summed E-state index contributed by atoms with van der Waals surface area (Å²) in [6.07, 6.45) is -4.71. The van der Waals surface area contributed by atoms with Crippen molar-refractivity contribution in [3.05, 3.63) is 84.2 Å². The van der Waals surface area contributed by atoms with Gasteiger partial charge in [-0.15, -0.1) is 15.3 Å². The van der Waals surface area contributed by atoms with Crippen molar-refractivity contribution in [3.8, 4) is 0 Å². The van der Waals surface area contributed by atoms with Crippen molar-refractivity contribution in [2.24, 2.45) is 0 Å². The quantitative estimate of drug-likeness (QED) is 0.519. The molecule has 10 heteroatoms. The number of anilines is 2. The lowest BCUT2D eigenvalue weighted by Gasteiger charge is -2.19. The number of alkyl halides is 3. The normalized spacial score (nSPS) is 12.5. The van der Waals surface area contributed by atoms with Crippen molar-refractivity contribution in [1.29, 1.82) is 0 Å². The van der Waals surface area contributed by atoms with E-state index in [1.807, 2.05) is 6.07 Å². The van der Waals surface area contributed by atoms with Crippen molar-refractivity contribution >= 4 is 23.1 Å². The molecule has 4 rings (SSSR count). The summed E-state index contributed by atoms with van der Waals surface area (Å²) in [5.41, 5.74) is 1.15. The molecule has 0 radical (unpaired) electrons. The molecule has 0 spiro atoms. The zero-order valence-corrected chi connectivity index (χ0v) is 15.3. The Hall–Kier alpha value is -3.95. The van der Waals surface area contributed by atoms with Gasteiger partial charge in [0, 0.05) is 5.69 Å². The van der Waals surface area contributed by atoms with Crippen LogP contribution in [-0.2, 0) is 11.0 Å². The predicted octanol–water partition coefficient (Wildman–Crippen LogP) is 3.94. The number of aromatic nitrogens is 4. The van der Waals surface area contributed by atoms with Crippen LogP contribution >= 0.6 is 0 Å². The third-order valence-electron chi connectivity index (χ3n) is 4.25. The average Bonchev–Trinajstić information content (AvgIpc) is 3.17. The number of carbonyl (C=O) groups is 1. The summed E-state index contributed by atoms with van der Waals surface area (Å²) in [6.45, 7) is 0. The van der Waals surface area contributed by atoms with Crippen LogP contribution in [0.1, 0.15) is 17.4 Å².